The van der Waals surface area contributed by atoms with Gasteiger partial charge in [-0.25, -0.2) is 4.39 Å². The van der Waals surface area contributed by atoms with E-state index >= 15 is 0 Å². The quantitative estimate of drug-likeness (QED) is 0.777. The monoisotopic (exact) mass is 223 g/mol. The summed E-state index contributed by atoms with van der Waals surface area (Å²) in [5, 5.41) is 0. The lowest BCUT2D eigenvalue weighted by Gasteiger charge is -2.11. The molecule has 2 N–H and O–H groups in total. The van der Waals surface area contributed by atoms with Crippen LogP contribution in [0.15, 0.2) is 18.2 Å². The van der Waals surface area contributed by atoms with E-state index in [1.165, 1.54) is 0 Å². The topological polar surface area (TPSA) is 52.3 Å². The summed E-state index contributed by atoms with van der Waals surface area (Å²) in [5.41, 5.74) is 4.09. The van der Waals surface area contributed by atoms with Gasteiger partial charge in [-0.15, -0.1) is 13.2 Å². The molecule has 1 rings (SSSR count). The first-order chi connectivity index (χ1) is 6.79. The molecule has 0 saturated carbocycles. The third kappa shape index (κ3) is 3.12. The summed E-state index contributed by atoms with van der Waals surface area (Å²) in [7, 11) is 0. The number of hydrogen-bond donors (Lipinski definition) is 1. The van der Waals surface area contributed by atoms with Crippen LogP contribution in [-0.2, 0) is 0 Å². The van der Waals surface area contributed by atoms with E-state index in [4.69, 9.17) is 5.73 Å². The molecule has 0 radical (unpaired) electrons. The predicted octanol–water partition coefficient (Wildman–Crippen LogP) is 1.82. The maximum atomic E-state index is 12.6. The molecule has 0 spiro atoms. The van der Waals surface area contributed by atoms with Gasteiger partial charge in [-0.05, 0) is 18.2 Å². The number of primary amides is 1. The zero-order valence-electron chi connectivity index (χ0n) is 7.14. The van der Waals surface area contributed by atoms with Gasteiger partial charge < -0.3 is 10.5 Å². The van der Waals surface area contributed by atoms with E-state index in [2.05, 4.69) is 4.74 Å². The van der Waals surface area contributed by atoms with Crippen LogP contribution in [0.1, 0.15) is 10.4 Å². The Kier molecular flexibility index (Phi) is 2.83. The normalized spacial score (nSPS) is 11.2. The van der Waals surface area contributed by atoms with Gasteiger partial charge in [0.15, 0.2) is 0 Å². The van der Waals surface area contributed by atoms with Gasteiger partial charge in [0, 0.05) is 0 Å². The minimum absolute atomic E-state index is 0.573. The number of amides is 1. The Morgan fingerprint density at radius 3 is 2.40 bits per heavy atom. The Bertz CT molecular complexity index is 389. The minimum atomic E-state index is -4.96. The second-order valence-corrected chi connectivity index (χ2v) is 2.55. The summed E-state index contributed by atoms with van der Waals surface area (Å²) < 4.78 is 51.5. The van der Waals surface area contributed by atoms with E-state index in [1.54, 1.807) is 0 Å². The van der Waals surface area contributed by atoms with Gasteiger partial charge >= 0.3 is 6.36 Å². The van der Waals surface area contributed by atoms with E-state index < -0.39 is 29.4 Å². The number of benzene rings is 1. The maximum Gasteiger partial charge on any atom is 0.573 e. The highest BCUT2D eigenvalue weighted by molar-refractivity contribution is 5.95. The van der Waals surface area contributed by atoms with Gasteiger partial charge in [0.05, 0.1) is 5.56 Å². The molecule has 0 bridgehead atoms. The van der Waals surface area contributed by atoms with E-state index in [0.717, 1.165) is 6.07 Å². The summed E-state index contributed by atoms with van der Waals surface area (Å²) in [6.07, 6.45) is -4.96. The van der Waals surface area contributed by atoms with Crippen LogP contribution in [0.3, 0.4) is 0 Å². The molecule has 3 nitrogen and oxygen atoms in total. The molecule has 82 valence electrons. The Balaban J connectivity index is 3.12. The molecule has 0 atom stereocenters. The van der Waals surface area contributed by atoms with Crippen LogP contribution in [0.25, 0.3) is 0 Å². The van der Waals surface area contributed by atoms with Crippen LogP contribution < -0.4 is 10.5 Å². The van der Waals surface area contributed by atoms with Crippen molar-refractivity contribution in [2.45, 2.75) is 6.36 Å². The van der Waals surface area contributed by atoms with E-state index in [1.807, 2.05) is 0 Å². The summed E-state index contributed by atoms with van der Waals surface area (Å²) in [6, 6.07) is 1.99. The van der Waals surface area contributed by atoms with Crippen molar-refractivity contribution in [1.82, 2.24) is 0 Å². The first kappa shape index (κ1) is 11.3. The summed E-state index contributed by atoms with van der Waals surface area (Å²) in [6.45, 7) is 0. The lowest BCUT2D eigenvalue weighted by Crippen LogP contribution is -2.21. The van der Waals surface area contributed by atoms with Crippen molar-refractivity contribution >= 4 is 5.91 Å². The lowest BCUT2D eigenvalue weighted by molar-refractivity contribution is -0.274. The van der Waals surface area contributed by atoms with E-state index in [-0.39, 0.29) is 0 Å². The second-order valence-electron chi connectivity index (χ2n) is 2.55. The summed E-state index contributed by atoms with van der Waals surface area (Å²) >= 11 is 0. The fourth-order valence-electron chi connectivity index (χ4n) is 0.908. The molecule has 15 heavy (non-hydrogen) atoms. The van der Waals surface area contributed by atoms with Gasteiger partial charge in [-0.1, -0.05) is 0 Å². The van der Waals surface area contributed by atoms with E-state index in [0.29, 0.717) is 12.1 Å². The highest BCUT2D eigenvalue weighted by Crippen LogP contribution is 2.26. The molecule has 0 fully saturated rings. The van der Waals surface area contributed by atoms with Crippen LogP contribution >= 0.6 is 0 Å². The molecule has 0 heterocycles. The minimum Gasteiger partial charge on any atom is -0.405 e. The van der Waals surface area contributed by atoms with Crippen molar-refractivity contribution in [1.29, 1.82) is 0 Å². The molecule has 0 unspecified atom stereocenters. The SMILES string of the molecule is NC(=O)c1cc(F)ccc1OC(F)(F)F. The van der Waals surface area contributed by atoms with Crippen LogP contribution in [0.4, 0.5) is 17.6 Å². The molecule has 0 aromatic heterocycles. The Hall–Kier alpha value is -1.79. The largest absolute Gasteiger partial charge is 0.573 e. The Morgan fingerprint density at radius 2 is 1.93 bits per heavy atom. The number of nitrogens with two attached hydrogens (primary N) is 1. The third-order valence-electron chi connectivity index (χ3n) is 1.43. The summed E-state index contributed by atoms with van der Waals surface area (Å²) in [5.74, 6) is -2.90. The molecule has 0 aliphatic heterocycles. The molecular weight excluding hydrogens is 218 g/mol. The van der Waals surface area contributed by atoms with Crippen molar-refractivity contribution in [2.75, 3.05) is 0 Å². The predicted molar refractivity (Wildman–Crippen MR) is 41.6 cm³/mol. The number of hydrogen-bond acceptors (Lipinski definition) is 2. The van der Waals surface area contributed by atoms with Crippen molar-refractivity contribution in [2.24, 2.45) is 5.73 Å². The number of ether oxygens (including phenoxy) is 1. The van der Waals surface area contributed by atoms with Crippen LogP contribution in [0.2, 0.25) is 0 Å². The second kappa shape index (κ2) is 3.76. The number of carbonyl (C=O) groups is 1. The zero-order valence-corrected chi connectivity index (χ0v) is 7.14. The molecule has 0 aliphatic carbocycles. The average molecular weight is 223 g/mol. The Labute approximate surface area is 81.4 Å². The number of halogens is 4. The van der Waals surface area contributed by atoms with Crippen LogP contribution in [-0.4, -0.2) is 12.3 Å². The first-order valence-corrected chi connectivity index (χ1v) is 3.65. The van der Waals surface area contributed by atoms with Gasteiger partial charge in [0.1, 0.15) is 11.6 Å². The van der Waals surface area contributed by atoms with Crippen molar-refractivity contribution in [3.63, 3.8) is 0 Å². The van der Waals surface area contributed by atoms with Gasteiger partial charge in [0.2, 0.25) is 0 Å². The smallest absolute Gasteiger partial charge is 0.405 e. The average Bonchev–Trinajstić information content (AvgIpc) is 2.05. The summed E-state index contributed by atoms with van der Waals surface area (Å²) in [4.78, 5) is 10.7. The molecule has 0 aliphatic rings. The lowest BCUT2D eigenvalue weighted by atomic mass is 10.2. The van der Waals surface area contributed by atoms with Crippen molar-refractivity contribution in [3.8, 4) is 5.75 Å². The maximum absolute atomic E-state index is 12.6. The first-order valence-electron chi connectivity index (χ1n) is 3.65. The number of alkyl halides is 3. The number of carbonyl (C=O) groups excluding carboxylic acids is 1. The molecule has 1 aromatic carbocycles. The molecule has 1 amide bonds. The highest BCUT2D eigenvalue weighted by atomic mass is 19.4. The third-order valence-corrected chi connectivity index (χ3v) is 1.43. The Morgan fingerprint density at radius 1 is 1.33 bits per heavy atom. The van der Waals surface area contributed by atoms with Gasteiger partial charge in [-0.3, -0.25) is 4.79 Å². The van der Waals surface area contributed by atoms with Crippen LogP contribution in [0.5, 0.6) is 5.75 Å². The standard InChI is InChI=1S/C8H5F4NO2/c9-4-1-2-6(15-8(10,11)12)5(3-4)7(13)14/h1-3H,(H2,13,14). The molecular formula is C8H5F4NO2. The van der Waals surface area contributed by atoms with Gasteiger partial charge in [-0.2, -0.15) is 0 Å². The zero-order chi connectivity index (χ0) is 11.6. The van der Waals surface area contributed by atoms with E-state index in [9.17, 15) is 22.4 Å². The molecule has 0 saturated heterocycles. The number of rotatable bonds is 2. The van der Waals surface area contributed by atoms with Crippen molar-refractivity contribution in [3.05, 3.63) is 29.6 Å². The van der Waals surface area contributed by atoms with Crippen molar-refractivity contribution < 1.29 is 27.1 Å². The highest BCUT2D eigenvalue weighted by Gasteiger charge is 2.32. The van der Waals surface area contributed by atoms with Gasteiger partial charge in [0.25, 0.3) is 5.91 Å². The molecule has 7 heteroatoms. The fourth-order valence-corrected chi connectivity index (χ4v) is 0.908. The molecule has 1 aromatic rings. The fraction of sp³-hybridized carbons (Fsp3) is 0.125. The van der Waals surface area contributed by atoms with Crippen LogP contribution in [0, 0.1) is 5.82 Å².